The van der Waals surface area contributed by atoms with Crippen LogP contribution in [-0.2, 0) is 17.8 Å². The summed E-state index contributed by atoms with van der Waals surface area (Å²) in [4.78, 5) is 20.0. The van der Waals surface area contributed by atoms with Crippen molar-refractivity contribution in [2.45, 2.75) is 19.2 Å². The predicted octanol–water partition coefficient (Wildman–Crippen LogP) is 1.29. The quantitative estimate of drug-likeness (QED) is 0.469. The fourth-order valence-corrected chi connectivity index (χ4v) is 3.73. The van der Waals surface area contributed by atoms with Crippen molar-refractivity contribution in [3.63, 3.8) is 0 Å². The van der Waals surface area contributed by atoms with E-state index in [1.165, 1.54) is 11.0 Å². The van der Waals surface area contributed by atoms with Crippen molar-refractivity contribution in [2.24, 2.45) is 0 Å². The van der Waals surface area contributed by atoms with Gasteiger partial charge in [0.1, 0.15) is 11.9 Å². The monoisotopic (exact) mass is 456 g/mol. The molecule has 1 amide bonds. The van der Waals surface area contributed by atoms with Gasteiger partial charge >= 0.3 is 6.09 Å². The Morgan fingerprint density at radius 3 is 2.64 bits per heavy atom. The summed E-state index contributed by atoms with van der Waals surface area (Å²) in [5.74, 6) is -0.475. The number of aliphatic hydroxyl groups excluding tert-OH is 2. The Morgan fingerprint density at radius 1 is 1.18 bits per heavy atom. The van der Waals surface area contributed by atoms with E-state index in [1.54, 1.807) is 47.5 Å². The smallest absolute Gasteiger partial charge is 0.414 e. The molecule has 0 saturated carbocycles. The van der Waals surface area contributed by atoms with Gasteiger partial charge in [0.25, 0.3) is 0 Å². The number of rotatable bonds is 10. The molecule has 1 aromatic carbocycles. The van der Waals surface area contributed by atoms with Crippen LogP contribution in [0.4, 0.5) is 14.9 Å². The third-order valence-electron chi connectivity index (χ3n) is 5.35. The minimum Gasteiger partial charge on any atom is -0.442 e. The molecule has 174 valence electrons. The summed E-state index contributed by atoms with van der Waals surface area (Å²) in [5, 5.41) is 25.9. The maximum Gasteiger partial charge on any atom is 0.414 e. The van der Waals surface area contributed by atoms with Gasteiger partial charge in [-0.05, 0) is 24.3 Å². The van der Waals surface area contributed by atoms with Crippen LogP contribution >= 0.6 is 0 Å². The van der Waals surface area contributed by atoms with E-state index >= 15 is 0 Å². The van der Waals surface area contributed by atoms with Gasteiger partial charge in [-0.3, -0.25) is 14.8 Å². The summed E-state index contributed by atoms with van der Waals surface area (Å²) in [6.07, 6.45) is 3.87. The first kappa shape index (κ1) is 22.8. The number of aromatic nitrogens is 4. The van der Waals surface area contributed by atoms with Gasteiger partial charge in [-0.2, -0.15) is 0 Å². The summed E-state index contributed by atoms with van der Waals surface area (Å²) < 4.78 is 21.9. The van der Waals surface area contributed by atoms with E-state index in [0.717, 1.165) is 5.69 Å². The predicted molar refractivity (Wildman–Crippen MR) is 117 cm³/mol. The highest BCUT2D eigenvalue weighted by Gasteiger charge is 2.33. The van der Waals surface area contributed by atoms with Crippen LogP contribution in [0.25, 0.3) is 11.1 Å². The maximum absolute atomic E-state index is 14.9. The van der Waals surface area contributed by atoms with Crippen LogP contribution in [0.5, 0.6) is 0 Å². The van der Waals surface area contributed by atoms with Gasteiger partial charge in [0, 0.05) is 43.2 Å². The van der Waals surface area contributed by atoms with E-state index in [1.807, 2.05) is 4.90 Å². The number of nitrogens with zero attached hydrogens (tertiary/aromatic N) is 6. The highest BCUT2D eigenvalue weighted by atomic mass is 19.1. The fraction of sp³-hybridized carbons (Fsp3) is 0.364. The summed E-state index contributed by atoms with van der Waals surface area (Å²) in [5.41, 5.74) is 2.13. The molecular formula is C22H25FN6O4. The van der Waals surface area contributed by atoms with Crippen LogP contribution in [0.15, 0.2) is 48.9 Å². The SMILES string of the molecule is O=C1O[C@@H](Cn2ccnn2)CN1c1ccc(-c2ccc(CN(CCO)CCO)nc2)c(F)c1. The third kappa shape index (κ3) is 5.51. The number of benzene rings is 1. The molecule has 1 saturated heterocycles. The van der Waals surface area contributed by atoms with Crippen LogP contribution in [0.2, 0.25) is 0 Å². The van der Waals surface area contributed by atoms with Gasteiger partial charge in [0.2, 0.25) is 0 Å². The van der Waals surface area contributed by atoms with Crippen LogP contribution in [0.1, 0.15) is 5.69 Å². The molecule has 11 heteroatoms. The number of hydrogen-bond acceptors (Lipinski definition) is 8. The molecule has 4 rings (SSSR count). The van der Waals surface area contributed by atoms with Gasteiger partial charge < -0.3 is 14.9 Å². The molecule has 0 bridgehead atoms. The molecule has 0 aliphatic carbocycles. The zero-order valence-corrected chi connectivity index (χ0v) is 17.9. The highest BCUT2D eigenvalue weighted by molar-refractivity contribution is 5.90. The lowest BCUT2D eigenvalue weighted by atomic mass is 10.1. The van der Waals surface area contributed by atoms with Crippen LogP contribution in [0, 0.1) is 5.82 Å². The minimum absolute atomic E-state index is 0.0125. The Bertz CT molecular complexity index is 1060. The van der Waals surface area contributed by atoms with Crippen molar-refractivity contribution in [1.29, 1.82) is 0 Å². The van der Waals surface area contributed by atoms with E-state index in [2.05, 4.69) is 15.3 Å². The normalized spacial score (nSPS) is 15.9. The van der Waals surface area contributed by atoms with E-state index in [4.69, 9.17) is 14.9 Å². The van der Waals surface area contributed by atoms with Gasteiger partial charge in [-0.1, -0.05) is 11.3 Å². The standard InChI is InChI=1S/C22H25FN6O4/c23-21-11-18(29-15-19(33-22(29)32)14-28-6-5-25-26-28)3-4-20(21)16-1-2-17(24-12-16)13-27(7-9-30)8-10-31/h1-6,11-12,19,30-31H,7-10,13-15H2/t19-/m0/s1. The van der Waals surface area contributed by atoms with Crippen molar-refractivity contribution in [2.75, 3.05) is 37.7 Å². The van der Waals surface area contributed by atoms with Crippen LogP contribution in [-0.4, -0.2) is 80.1 Å². The lowest BCUT2D eigenvalue weighted by molar-refractivity contribution is 0.129. The Kier molecular flexibility index (Phi) is 7.23. The molecule has 1 aliphatic heterocycles. The number of anilines is 1. The second kappa shape index (κ2) is 10.5. The van der Waals surface area contributed by atoms with Crippen LogP contribution in [0.3, 0.4) is 0 Å². The zero-order chi connectivity index (χ0) is 23.2. The Hall–Kier alpha value is -3.41. The topological polar surface area (TPSA) is 117 Å². The van der Waals surface area contributed by atoms with E-state index < -0.39 is 18.0 Å². The van der Waals surface area contributed by atoms with Gasteiger partial charge in [0.05, 0.1) is 43.9 Å². The first-order chi connectivity index (χ1) is 16.1. The van der Waals surface area contributed by atoms with Crippen LogP contribution < -0.4 is 4.90 Å². The number of pyridine rings is 1. The van der Waals surface area contributed by atoms with E-state index in [0.29, 0.717) is 43.0 Å². The molecule has 1 atom stereocenters. The second-order valence-corrected chi connectivity index (χ2v) is 7.67. The molecular weight excluding hydrogens is 431 g/mol. The number of halogens is 1. The molecule has 0 spiro atoms. The van der Waals surface area contributed by atoms with Crippen molar-refractivity contribution in [3.8, 4) is 11.1 Å². The van der Waals surface area contributed by atoms with Gasteiger partial charge in [-0.25, -0.2) is 13.9 Å². The largest absolute Gasteiger partial charge is 0.442 e. The van der Waals surface area contributed by atoms with Crippen molar-refractivity contribution >= 4 is 11.8 Å². The van der Waals surface area contributed by atoms with Crippen molar-refractivity contribution in [1.82, 2.24) is 24.9 Å². The average Bonchev–Trinajstić information content (AvgIpc) is 3.44. The Labute approximate surface area is 189 Å². The first-order valence-electron chi connectivity index (χ1n) is 10.6. The molecule has 33 heavy (non-hydrogen) atoms. The molecule has 2 N–H and O–H groups in total. The summed E-state index contributed by atoms with van der Waals surface area (Å²) >= 11 is 0. The number of hydrogen-bond donors (Lipinski definition) is 2. The van der Waals surface area contributed by atoms with Gasteiger partial charge in [-0.15, -0.1) is 5.10 Å². The zero-order valence-electron chi connectivity index (χ0n) is 17.9. The molecule has 10 nitrogen and oxygen atoms in total. The summed E-state index contributed by atoms with van der Waals surface area (Å²) in [6, 6.07) is 8.16. The molecule has 1 aliphatic rings. The molecule has 0 radical (unpaired) electrons. The Balaban J connectivity index is 1.43. The molecule has 3 aromatic rings. The molecule has 3 heterocycles. The molecule has 1 fully saturated rings. The van der Waals surface area contributed by atoms with E-state index in [-0.39, 0.29) is 19.8 Å². The first-order valence-corrected chi connectivity index (χ1v) is 10.6. The third-order valence-corrected chi connectivity index (χ3v) is 5.35. The Morgan fingerprint density at radius 2 is 2.00 bits per heavy atom. The average molecular weight is 456 g/mol. The summed E-state index contributed by atoms with van der Waals surface area (Å²) in [7, 11) is 0. The fourth-order valence-electron chi connectivity index (χ4n) is 3.73. The van der Waals surface area contributed by atoms with Gasteiger partial charge in [0.15, 0.2) is 0 Å². The lowest BCUT2D eigenvalue weighted by Gasteiger charge is -2.19. The number of ether oxygens (including phenoxy) is 1. The van der Waals surface area contributed by atoms with Crippen molar-refractivity contribution < 1.29 is 24.1 Å². The number of aliphatic hydroxyl groups is 2. The number of cyclic esters (lactones) is 1. The van der Waals surface area contributed by atoms with Crippen molar-refractivity contribution in [3.05, 3.63) is 60.4 Å². The molecule has 2 aromatic heterocycles. The number of carbonyl (C=O) groups is 1. The summed E-state index contributed by atoms with van der Waals surface area (Å²) in [6.45, 7) is 1.95. The number of carbonyl (C=O) groups excluding carboxylic acids is 1. The van der Waals surface area contributed by atoms with E-state index in [9.17, 15) is 9.18 Å². The number of amides is 1. The minimum atomic E-state index is -0.534. The second-order valence-electron chi connectivity index (χ2n) is 7.67. The highest BCUT2D eigenvalue weighted by Crippen LogP contribution is 2.29. The molecule has 0 unspecified atom stereocenters. The lowest BCUT2D eigenvalue weighted by Crippen LogP contribution is -2.29. The maximum atomic E-state index is 14.9.